The van der Waals surface area contributed by atoms with Gasteiger partial charge in [-0.1, -0.05) is 13.3 Å². The zero-order valence-electron chi connectivity index (χ0n) is 11.7. The molecule has 6 heteroatoms. The minimum absolute atomic E-state index is 0.234. The number of thiocarbonyl (C=S) groups is 1. The molecule has 0 saturated carbocycles. The number of amides is 1. The molecule has 0 aromatic heterocycles. The fourth-order valence-electron chi connectivity index (χ4n) is 1.51. The van der Waals surface area contributed by atoms with Crippen LogP contribution in [0.3, 0.4) is 0 Å². The number of carbonyl (C=O) groups excluding carboxylic acids is 1. The van der Waals surface area contributed by atoms with E-state index < -0.39 is 0 Å². The summed E-state index contributed by atoms with van der Waals surface area (Å²) in [5, 5.41) is 6.00. The lowest BCUT2D eigenvalue weighted by atomic mass is 10.2. The van der Waals surface area contributed by atoms with Crippen molar-refractivity contribution >= 4 is 39.2 Å². The Hall–Kier alpha value is -1.14. The molecule has 1 aromatic carbocycles. The zero-order chi connectivity index (χ0) is 15.0. The van der Waals surface area contributed by atoms with Gasteiger partial charge in [-0.3, -0.25) is 10.1 Å². The maximum Gasteiger partial charge on any atom is 0.257 e. The maximum absolute atomic E-state index is 12.0. The largest absolute Gasteiger partial charge is 0.493 e. The summed E-state index contributed by atoms with van der Waals surface area (Å²) >= 11 is 8.44. The fourth-order valence-corrected chi connectivity index (χ4v) is 2.20. The van der Waals surface area contributed by atoms with E-state index in [4.69, 9.17) is 17.0 Å². The molecule has 0 unspecified atom stereocenters. The molecular formula is C14H19BrN2O2S. The summed E-state index contributed by atoms with van der Waals surface area (Å²) in [6.07, 6.45) is 2.10. The lowest BCUT2D eigenvalue weighted by Gasteiger charge is -2.10. The summed E-state index contributed by atoms with van der Waals surface area (Å²) < 4.78 is 6.15. The molecular weight excluding hydrogens is 340 g/mol. The topological polar surface area (TPSA) is 50.4 Å². The van der Waals surface area contributed by atoms with Crippen molar-refractivity contribution in [2.24, 2.45) is 0 Å². The molecule has 20 heavy (non-hydrogen) atoms. The molecule has 0 aliphatic rings. The van der Waals surface area contributed by atoms with Gasteiger partial charge in [0.05, 0.1) is 11.1 Å². The highest BCUT2D eigenvalue weighted by atomic mass is 79.9. The molecule has 1 amide bonds. The Kier molecular flexibility index (Phi) is 7.54. The van der Waals surface area contributed by atoms with Crippen LogP contribution in [-0.2, 0) is 0 Å². The Morgan fingerprint density at radius 2 is 2.15 bits per heavy atom. The van der Waals surface area contributed by atoms with Gasteiger partial charge in [-0.25, -0.2) is 0 Å². The van der Waals surface area contributed by atoms with E-state index in [1.54, 1.807) is 18.2 Å². The molecule has 4 nitrogen and oxygen atoms in total. The second kappa shape index (κ2) is 8.92. The number of nitrogens with one attached hydrogen (secondary N) is 2. The highest BCUT2D eigenvalue weighted by molar-refractivity contribution is 9.10. The Labute approximate surface area is 133 Å². The van der Waals surface area contributed by atoms with Crippen molar-refractivity contribution in [3.8, 4) is 5.75 Å². The van der Waals surface area contributed by atoms with Gasteiger partial charge in [0, 0.05) is 12.1 Å². The Morgan fingerprint density at radius 1 is 1.40 bits per heavy atom. The summed E-state index contributed by atoms with van der Waals surface area (Å²) in [7, 11) is 0. The molecule has 0 spiro atoms. The lowest BCUT2D eigenvalue weighted by Crippen LogP contribution is -2.39. The van der Waals surface area contributed by atoms with Gasteiger partial charge in [0.15, 0.2) is 5.11 Å². The summed E-state index contributed by atoms with van der Waals surface area (Å²) in [5.74, 6) is 0.482. The SMILES string of the molecule is CCCCNC(=S)NC(=O)c1ccc(OCC)c(Br)c1. The normalized spacial score (nSPS) is 9.95. The van der Waals surface area contributed by atoms with Crippen molar-refractivity contribution in [3.63, 3.8) is 0 Å². The Bertz CT molecular complexity index is 480. The molecule has 0 atom stereocenters. The predicted octanol–water partition coefficient (Wildman–Crippen LogP) is 3.25. The molecule has 110 valence electrons. The molecule has 0 fully saturated rings. The third-order valence-electron chi connectivity index (χ3n) is 2.54. The Balaban J connectivity index is 2.59. The van der Waals surface area contributed by atoms with Crippen LogP contribution in [0.1, 0.15) is 37.0 Å². The van der Waals surface area contributed by atoms with Crippen LogP contribution in [0.4, 0.5) is 0 Å². The predicted molar refractivity (Wildman–Crippen MR) is 88.3 cm³/mol. The molecule has 0 radical (unpaired) electrons. The number of halogens is 1. The van der Waals surface area contributed by atoms with Crippen LogP contribution in [-0.4, -0.2) is 24.2 Å². The molecule has 1 rings (SSSR count). The first-order chi connectivity index (χ1) is 9.58. The van der Waals surface area contributed by atoms with Gasteiger partial charge in [-0.05, 0) is 59.7 Å². The van der Waals surface area contributed by atoms with E-state index in [1.165, 1.54) is 0 Å². The number of rotatable bonds is 6. The molecule has 0 heterocycles. The third-order valence-corrected chi connectivity index (χ3v) is 3.40. The van der Waals surface area contributed by atoms with Crippen molar-refractivity contribution in [1.82, 2.24) is 10.6 Å². The standard InChI is InChI=1S/C14H19BrN2O2S/c1-3-5-8-16-14(20)17-13(18)10-6-7-12(19-4-2)11(15)9-10/h6-7,9H,3-5,8H2,1-2H3,(H2,16,17,18,20). The smallest absolute Gasteiger partial charge is 0.257 e. The average molecular weight is 359 g/mol. The lowest BCUT2D eigenvalue weighted by molar-refractivity contribution is 0.0976. The number of benzene rings is 1. The van der Waals surface area contributed by atoms with E-state index >= 15 is 0 Å². The molecule has 0 aliphatic carbocycles. The van der Waals surface area contributed by atoms with Crippen molar-refractivity contribution in [3.05, 3.63) is 28.2 Å². The fraction of sp³-hybridized carbons (Fsp3) is 0.429. The van der Waals surface area contributed by atoms with E-state index in [0.29, 0.717) is 23.0 Å². The maximum atomic E-state index is 12.0. The van der Waals surface area contributed by atoms with Crippen LogP contribution < -0.4 is 15.4 Å². The minimum atomic E-state index is -0.234. The minimum Gasteiger partial charge on any atom is -0.493 e. The molecule has 2 N–H and O–H groups in total. The second-order valence-corrected chi connectivity index (χ2v) is 5.40. The number of hydrogen-bond acceptors (Lipinski definition) is 3. The number of hydrogen-bond donors (Lipinski definition) is 2. The summed E-state index contributed by atoms with van der Waals surface area (Å²) in [6, 6.07) is 5.19. The monoisotopic (exact) mass is 358 g/mol. The van der Waals surface area contributed by atoms with Crippen molar-refractivity contribution < 1.29 is 9.53 Å². The highest BCUT2D eigenvalue weighted by Gasteiger charge is 2.10. The number of unbranched alkanes of at least 4 members (excludes halogenated alkanes) is 1. The van der Waals surface area contributed by atoms with E-state index in [-0.39, 0.29) is 5.91 Å². The summed E-state index contributed by atoms with van der Waals surface area (Å²) in [4.78, 5) is 12.0. The quantitative estimate of drug-likeness (QED) is 0.605. The van der Waals surface area contributed by atoms with Gasteiger partial charge in [0.25, 0.3) is 5.91 Å². The molecule has 0 bridgehead atoms. The second-order valence-electron chi connectivity index (χ2n) is 4.14. The molecule has 0 aliphatic heterocycles. The van der Waals surface area contributed by atoms with Crippen LogP contribution in [0.5, 0.6) is 5.75 Å². The Morgan fingerprint density at radius 3 is 2.75 bits per heavy atom. The van der Waals surface area contributed by atoms with Gasteiger partial charge in [0.1, 0.15) is 5.75 Å². The van der Waals surface area contributed by atoms with E-state index in [2.05, 4.69) is 33.5 Å². The van der Waals surface area contributed by atoms with Crippen LogP contribution >= 0.6 is 28.1 Å². The summed E-state index contributed by atoms with van der Waals surface area (Å²) in [6.45, 7) is 5.35. The van der Waals surface area contributed by atoms with Gasteiger partial charge in [-0.2, -0.15) is 0 Å². The first-order valence-corrected chi connectivity index (χ1v) is 7.80. The average Bonchev–Trinajstić information content (AvgIpc) is 2.41. The third kappa shape index (κ3) is 5.46. The van der Waals surface area contributed by atoms with Crippen LogP contribution in [0.25, 0.3) is 0 Å². The van der Waals surface area contributed by atoms with Crippen molar-refractivity contribution in [2.75, 3.05) is 13.2 Å². The van der Waals surface area contributed by atoms with Crippen molar-refractivity contribution in [1.29, 1.82) is 0 Å². The van der Waals surface area contributed by atoms with Crippen molar-refractivity contribution in [2.45, 2.75) is 26.7 Å². The number of carbonyl (C=O) groups is 1. The van der Waals surface area contributed by atoms with Crippen LogP contribution in [0, 0.1) is 0 Å². The van der Waals surface area contributed by atoms with Gasteiger partial charge in [-0.15, -0.1) is 0 Å². The van der Waals surface area contributed by atoms with Gasteiger partial charge < -0.3 is 10.1 Å². The molecule has 0 saturated heterocycles. The summed E-state index contributed by atoms with van der Waals surface area (Å²) in [5.41, 5.74) is 0.528. The van der Waals surface area contributed by atoms with Crippen LogP contribution in [0.2, 0.25) is 0 Å². The van der Waals surface area contributed by atoms with Crippen LogP contribution in [0.15, 0.2) is 22.7 Å². The zero-order valence-corrected chi connectivity index (χ0v) is 14.1. The van der Waals surface area contributed by atoms with E-state index in [1.807, 2.05) is 6.92 Å². The van der Waals surface area contributed by atoms with Gasteiger partial charge in [0.2, 0.25) is 0 Å². The first-order valence-electron chi connectivity index (χ1n) is 6.60. The molecule has 1 aromatic rings. The highest BCUT2D eigenvalue weighted by Crippen LogP contribution is 2.25. The number of ether oxygens (including phenoxy) is 1. The van der Waals surface area contributed by atoms with Gasteiger partial charge >= 0.3 is 0 Å². The van der Waals surface area contributed by atoms with E-state index in [9.17, 15) is 4.79 Å². The first kappa shape index (κ1) is 16.9. The van der Waals surface area contributed by atoms with E-state index in [0.717, 1.165) is 23.9 Å².